The molecule has 1 aliphatic heterocycles. The maximum absolute atomic E-state index is 12.5. The molecule has 4 rings (SSSR count). The van der Waals surface area contributed by atoms with Gasteiger partial charge >= 0.3 is 0 Å². The van der Waals surface area contributed by atoms with Crippen molar-refractivity contribution in [2.75, 3.05) is 19.8 Å². The summed E-state index contributed by atoms with van der Waals surface area (Å²) >= 11 is 0. The zero-order chi connectivity index (χ0) is 19.5. The topological polar surface area (TPSA) is 56.8 Å². The standard InChI is InChI=1S/C23H27NO4/c1-15(2)17-4-3-5-19(12-17)28-14-22(25)24-23(16-6-7-16)18-8-9-20-21(13-18)27-11-10-26-20/h3-5,8-9,12-13,15-16,23H,6-7,10-11,14H2,1-2H3,(H,24,25). The van der Waals surface area contributed by atoms with Crippen molar-refractivity contribution < 1.29 is 19.0 Å². The van der Waals surface area contributed by atoms with E-state index < -0.39 is 0 Å². The lowest BCUT2D eigenvalue weighted by atomic mass is 10.0. The summed E-state index contributed by atoms with van der Waals surface area (Å²) < 4.78 is 17.0. The lowest BCUT2D eigenvalue weighted by Crippen LogP contribution is -2.33. The van der Waals surface area contributed by atoms with Crippen LogP contribution in [0, 0.1) is 5.92 Å². The Kier molecular flexibility index (Phi) is 5.42. The van der Waals surface area contributed by atoms with Crippen molar-refractivity contribution in [2.24, 2.45) is 5.92 Å². The minimum atomic E-state index is -0.110. The number of nitrogens with one attached hydrogen (secondary N) is 1. The van der Waals surface area contributed by atoms with Gasteiger partial charge in [-0.2, -0.15) is 0 Å². The first-order valence-electron chi connectivity index (χ1n) is 10.0. The molecule has 1 aliphatic carbocycles. The number of rotatable bonds is 7. The van der Waals surface area contributed by atoms with Crippen LogP contribution in [0.1, 0.15) is 49.8 Å². The number of carbonyl (C=O) groups excluding carboxylic acids is 1. The molecule has 0 radical (unpaired) electrons. The molecule has 1 fully saturated rings. The Morgan fingerprint density at radius 2 is 1.86 bits per heavy atom. The Morgan fingerprint density at radius 3 is 2.61 bits per heavy atom. The first-order valence-corrected chi connectivity index (χ1v) is 10.0. The molecule has 2 aromatic rings. The maximum atomic E-state index is 12.5. The van der Waals surface area contributed by atoms with Gasteiger partial charge in [-0.15, -0.1) is 0 Å². The molecule has 5 heteroatoms. The van der Waals surface area contributed by atoms with E-state index in [-0.39, 0.29) is 18.6 Å². The lowest BCUT2D eigenvalue weighted by Gasteiger charge is -2.23. The third kappa shape index (κ3) is 4.41. The highest BCUT2D eigenvalue weighted by atomic mass is 16.6. The summed E-state index contributed by atoms with van der Waals surface area (Å²) in [5, 5.41) is 3.15. The van der Waals surface area contributed by atoms with Gasteiger partial charge in [-0.3, -0.25) is 4.79 Å². The van der Waals surface area contributed by atoms with Crippen LogP contribution in [-0.2, 0) is 4.79 Å². The van der Waals surface area contributed by atoms with Gasteiger partial charge in [0.05, 0.1) is 6.04 Å². The van der Waals surface area contributed by atoms with Crippen LogP contribution in [0.25, 0.3) is 0 Å². The molecule has 1 unspecified atom stereocenters. The number of carbonyl (C=O) groups is 1. The lowest BCUT2D eigenvalue weighted by molar-refractivity contribution is -0.124. The molecule has 148 valence electrons. The third-order valence-electron chi connectivity index (χ3n) is 5.23. The number of benzene rings is 2. The zero-order valence-corrected chi connectivity index (χ0v) is 16.4. The monoisotopic (exact) mass is 381 g/mol. The van der Waals surface area contributed by atoms with Crippen LogP contribution in [0.3, 0.4) is 0 Å². The SMILES string of the molecule is CC(C)c1cccc(OCC(=O)NC(c2ccc3c(c2)OCCO3)C2CC2)c1. The first kappa shape index (κ1) is 18.7. The van der Waals surface area contributed by atoms with Gasteiger partial charge in [0.25, 0.3) is 5.91 Å². The molecular weight excluding hydrogens is 354 g/mol. The van der Waals surface area contributed by atoms with Gasteiger partial charge < -0.3 is 19.5 Å². The van der Waals surface area contributed by atoms with Crippen LogP contribution >= 0.6 is 0 Å². The van der Waals surface area contributed by atoms with Gasteiger partial charge in [0.15, 0.2) is 18.1 Å². The summed E-state index contributed by atoms with van der Waals surface area (Å²) in [7, 11) is 0. The number of hydrogen-bond acceptors (Lipinski definition) is 4. The van der Waals surface area contributed by atoms with Crippen LogP contribution in [0.15, 0.2) is 42.5 Å². The van der Waals surface area contributed by atoms with E-state index in [9.17, 15) is 4.79 Å². The zero-order valence-electron chi connectivity index (χ0n) is 16.4. The number of fused-ring (bicyclic) bond motifs is 1. The van der Waals surface area contributed by atoms with Crippen molar-refractivity contribution in [3.63, 3.8) is 0 Å². The Hall–Kier alpha value is -2.69. The molecule has 0 spiro atoms. The van der Waals surface area contributed by atoms with E-state index in [1.807, 2.05) is 36.4 Å². The van der Waals surface area contributed by atoms with Gasteiger partial charge in [-0.05, 0) is 60.1 Å². The largest absolute Gasteiger partial charge is 0.486 e. The molecule has 28 heavy (non-hydrogen) atoms. The van der Waals surface area contributed by atoms with Crippen LogP contribution in [0.2, 0.25) is 0 Å². The number of hydrogen-bond donors (Lipinski definition) is 1. The van der Waals surface area contributed by atoms with E-state index in [1.165, 1.54) is 5.56 Å². The van der Waals surface area contributed by atoms with E-state index in [0.717, 1.165) is 35.7 Å². The van der Waals surface area contributed by atoms with E-state index in [0.29, 0.717) is 25.0 Å². The van der Waals surface area contributed by atoms with Gasteiger partial charge in [0.1, 0.15) is 19.0 Å². The molecule has 0 bridgehead atoms. The van der Waals surface area contributed by atoms with Crippen molar-refractivity contribution in [1.29, 1.82) is 0 Å². The Bertz CT molecular complexity index is 844. The fourth-order valence-electron chi connectivity index (χ4n) is 3.48. The summed E-state index contributed by atoms with van der Waals surface area (Å²) in [6, 6.07) is 13.8. The summed E-state index contributed by atoms with van der Waals surface area (Å²) in [4.78, 5) is 12.5. The quantitative estimate of drug-likeness (QED) is 0.780. The molecule has 1 saturated carbocycles. The smallest absolute Gasteiger partial charge is 0.258 e. The molecule has 0 aromatic heterocycles. The molecule has 2 aliphatic rings. The summed E-state index contributed by atoms with van der Waals surface area (Å²) in [6.07, 6.45) is 2.24. The highest BCUT2D eigenvalue weighted by molar-refractivity contribution is 5.78. The molecule has 0 saturated heterocycles. The fraction of sp³-hybridized carbons (Fsp3) is 0.435. The molecule has 5 nitrogen and oxygen atoms in total. The predicted octanol–water partition coefficient (Wildman–Crippen LogP) is 4.23. The van der Waals surface area contributed by atoms with Crippen molar-refractivity contribution in [1.82, 2.24) is 5.32 Å². The van der Waals surface area contributed by atoms with E-state index in [4.69, 9.17) is 14.2 Å². The molecule has 1 atom stereocenters. The predicted molar refractivity (Wildman–Crippen MR) is 107 cm³/mol. The van der Waals surface area contributed by atoms with Crippen LogP contribution in [0.4, 0.5) is 0 Å². The minimum absolute atomic E-state index is 0.00925. The van der Waals surface area contributed by atoms with Gasteiger partial charge in [-0.1, -0.05) is 32.0 Å². The molecule has 2 aromatic carbocycles. The van der Waals surface area contributed by atoms with E-state index >= 15 is 0 Å². The Labute approximate surface area is 166 Å². The second-order valence-electron chi connectivity index (χ2n) is 7.80. The van der Waals surface area contributed by atoms with Crippen LogP contribution in [-0.4, -0.2) is 25.7 Å². The number of amides is 1. The van der Waals surface area contributed by atoms with Crippen molar-refractivity contribution in [3.05, 3.63) is 53.6 Å². The van der Waals surface area contributed by atoms with Crippen LogP contribution in [0.5, 0.6) is 17.2 Å². The van der Waals surface area contributed by atoms with Crippen LogP contribution < -0.4 is 19.5 Å². The normalized spacial score (nSPS) is 16.5. The minimum Gasteiger partial charge on any atom is -0.486 e. The van der Waals surface area contributed by atoms with Gasteiger partial charge in [0.2, 0.25) is 0 Å². The average molecular weight is 381 g/mol. The highest BCUT2D eigenvalue weighted by Crippen LogP contribution is 2.43. The van der Waals surface area contributed by atoms with E-state index in [2.05, 4.69) is 25.2 Å². The summed E-state index contributed by atoms with van der Waals surface area (Å²) in [5.74, 6) is 3.03. The highest BCUT2D eigenvalue weighted by Gasteiger charge is 2.34. The van der Waals surface area contributed by atoms with Crippen molar-refractivity contribution in [2.45, 2.75) is 38.6 Å². The third-order valence-corrected chi connectivity index (χ3v) is 5.23. The molecule has 1 amide bonds. The molecule has 1 N–H and O–H groups in total. The Morgan fingerprint density at radius 1 is 1.07 bits per heavy atom. The summed E-state index contributed by atoms with van der Waals surface area (Å²) in [6.45, 7) is 5.42. The van der Waals surface area contributed by atoms with Crippen molar-refractivity contribution >= 4 is 5.91 Å². The fourth-order valence-corrected chi connectivity index (χ4v) is 3.48. The first-order chi connectivity index (χ1) is 13.6. The second kappa shape index (κ2) is 8.13. The summed E-state index contributed by atoms with van der Waals surface area (Å²) in [5.41, 5.74) is 2.26. The Balaban J connectivity index is 1.40. The van der Waals surface area contributed by atoms with Gasteiger partial charge in [0, 0.05) is 0 Å². The average Bonchev–Trinajstić information content (AvgIpc) is 3.55. The molecule has 1 heterocycles. The van der Waals surface area contributed by atoms with E-state index in [1.54, 1.807) is 0 Å². The maximum Gasteiger partial charge on any atom is 0.258 e. The molecular formula is C23H27NO4. The second-order valence-corrected chi connectivity index (χ2v) is 7.80. The van der Waals surface area contributed by atoms with Crippen molar-refractivity contribution in [3.8, 4) is 17.2 Å². The van der Waals surface area contributed by atoms with Gasteiger partial charge in [-0.25, -0.2) is 0 Å². The number of ether oxygens (including phenoxy) is 3.